The van der Waals surface area contributed by atoms with E-state index in [1.165, 1.54) is 28.6 Å². The molecule has 0 fully saturated rings. The van der Waals surface area contributed by atoms with Gasteiger partial charge in [0.15, 0.2) is 0 Å². The molecule has 0 unspecified atom stereocenters. The van der Waals surface area contributed by atoms with Gasteiger partial charge in [-0.1, -0.05) is 6.92 Å². The van der Waals surface area contributed by atoms with E-state index in [0.29, 0.717) is 37.6 Å². The highest BCUT2D eigenvalue weighted by molar-refractivity contribution is 7.99. The number of thioether (sulfide) groups is 1. The summed E-state index contributed by atoms with van der Waals surface area (Å²) in [6.45, 7) is 8.11. The van der Waals surface area contributed by atoms with E-state index >= 15 is 0 Å². The van der Waals surface area contributed by atoms with Gasteiger partial charge in [-0.15, -0.1) is 0 Å². The lowest BCUT2D eigenvalue weighted by Crippen LogP contribution is -2.56. The third kappa shape index (κ3) is 9.75. The van der Waals surface area contributed by atoms with Gasteiger partial charge >= 0.3 is 0 Å². The molecule has 0 aromatic rings. The summed E-state index contributed by atoms with van der Waals surface area (Å²) in [5.74, 6) is -0.110. The van der Waals surface area contributed by atoms with Crippen molar-refractivity contribution in [3.63, 3.8) is 0 Å². The zero-order valence-corrected chi connectivity index (χ0v) is 18.9. The Balaban J connectivity index is 5.37. The zero-order valence-electron chi connectivity index (χ0n) is 18.1. The summed E-state index contributed by atoms with van der Waals surface area (Å²) in [5.41, 5.74) is 4.31. The van der Waals surface area contributed by atoms with Gasteiger partial charge in [0.2, 0.25) is 17.7 Å². The summed E-state index contributed by atoms with van der Waals surface area (Å²) >= 11 is 1.51. The Bertz CT molecular complexity index is 510. The van der Waals surface area contributed by atoms with Crippen molar-refractivity contribution in [1.82, 2.24) is 9.80 Å². The Morgan fingerprint density at radius 3 is 2.21 bits per heavy atom. The SMILES string of the molecule is CCCC(=O)N(C)[C@H](CSCCOCC)C(=O)N(C)[C@@H](CC(C)(C)O)C(N)=O. The molecule has 9 heteroatoms. The van der Waals surface area contributed by atoms with Crippen LogP contribution in [0.25, 0.3) is 0 Å². The highest BCUT2D eigenvalue weighted by Gasteiger charge is 2.36. The fraction of sp³-hybridized carbons (Fsp3) is 0.842. The Hall–Kier alpha value is -1.32. The van der Waals surface area contributed by atoms with E-state index in [0.717, 1.165) is 0 Å². The van der Waals surface area contributed by atoms with E-state index in [-0.39, 0.29) is 18.2 Å². The number of nitrogens with two attached hydrogens (primary N) is 1. The molecule has 0 saturated carbocycles. The number of hydrogen-bond donors (Lipinski definition) is 2. The summed E-state index contributed by atoms with van der Waals surface area (Å²) in [6, 6.07) is -1.68. The quantitative estimate of drug-likeness (QED) is 0.404. The Kier molecular flexibility index (Phi) is 12.4. The van der Waals surface area contributed by atoms with E-state index in [9.17, 15) is 19.5 Å². The van der Waals surface area contributed by atoms with Crippen molar-refractivity contribution in [2.24, 2.45) is 5.73 Å². The number of ether oxygens (including phenoxy) is 1. The lowest BCUT2D eigenvalue weighted by Gasteiger charge is -2.35. The maximum Gasteiger partial charge on any atom is 0.246 e. The molecule has 164 valence electrons. The predicted molar refractivity (Wildman–Crippen MR) is 112 cm³/mol. The minimum absolute atomic E-state index is 0.0153. The van der Waals surface area contributed by atoms with E-state index in [2.05, 4.69) is 0 Å². The van der Waals surface area contributed by atoms with E-state index in [1.54, 1.807) is 20.9 Å². The number of carbonyl (C=O) groups excluding carboxylic acids is 3. The lowest BCUT2D eigenvalue weighted by atomic mass is 9.97. The molecule has 0 radical (unpaired) electrons. The molecule has 0 spiro atoms. The molecule has 0 aromatic heterocycles. The fourth-order valence-electron chi connectivity index (χ4n) is 2.66. The Labute approximate surface area is 173 Å². The van der Waals surface area contributed by atoms with E-state index in [4.69, 9.17) is 10.5 Å². The van der Waals surface area contributed by atoms with Crippen LogP contribution in [0.1, 0.15) is 47.0 Å². The number of nitrogens with zero attached hydrogens (tertiary/aromatic N) is 2. The maximum absolute atomic E-state index is 13.1. The van der Waals surface area contributed by atoms with E-state index < -0.39 is 23.6 Å². The molecule has 3 N–H and O–H groups in total. The van der Waals surface area contributed by atoms with Crippen LogP contribution in [0.4, 0.5) is 0 Å². The van der Waals surface area contributed by atoms with Crippen LogP contribution in [-0.2, 0) is 19.1 Å². The molecule has 8 nitrogen and oxygen atoms in total. The molecular weight excluding hydrogens is 382 g/mol. The van der Waals surface area contributed by atoms with Crippen LogP contribution in [-0.4, -0.2) is 89.1 Å². The largest absolute Gasteiger partial charge is 0.390 e. The number of primary amides is 1. The Morgan fingerprint density at radius 2 is 1.75 bits per heavy atom. The molecule has 0 rings (SSSR count). The molecule has 0 aromatic carbocycles. The normalized spacial score (nSPS) is 13.7. The van der Waals surface area contributed by atoms with Crippen molar-refractivity contribution in [3.05, 3.63) is 0 Å². The van der Waals surface area contributed by atoms with Gasteiger partial charge in [-0.2, -0.15) is 11.8 Å². The Morgan fingerprint density at radius 1 is 1.14 bits per heavy atom. The third-order valence-electron chi connectivity index (χ3n) is 4.30. The second-order valence-corrected chi connectivity index (χ2v) is 8.58. The van der Waals surface area contributed by atoms with Crippen LogP contribution in [0.3, 0.4) is 0 Å². The number of amides is 3. The maximum atomic E-state index is 13.1. The number of likely N-dealkylation sites (N-methyl/N-ethyl adjacent to an activating group) is 2. The first-order valence-electron chi connectivity index (χ1n) is 9.65. The summed E-state index contributed by atoms with van der Waals surface area (Å²) in [4.78, 5) is 40.1. The van der Waals surface area contributed by atoms with Gasteiger partial charge < -0.3 is 25.4 Å². The first-order chi connectivity index (χ1) is 13.0. The highest BCUT2D eigenvalue weighted by atomic mass is 32.2. The first kappa shape index (κ1) is 26.7. The van der Waals surface area contributed by atoms with Gasteiger partial charge in [-0.25, -0.2) is 0 Å². The van der Waals surface area contributed by atoms with Crippen LogP contribution in [0.5, 0.6) is 0 Å². The second kappa shape index (κ2) is 13.0. The third-order valence-corrected chi connectivity index (χ3v) is 5.30. The van der Waals surface area contributed by atoms with Gasteiger partial charge in [0.1, 0.15) is 12.1 Å². The topological polar surface area (TPSA) is 113 Å². The van der Waals surface area contributed by atoms with E-state index in [1.807, 2.05) is 13.8 Å². The fourth-order valence-corrected chi connectivity index (χ4v) is 3.65. The van der Waals surface area contributed by atoms with Crippen molar-refractivity contribution < 1.29 is 24.2 Å². The zero-order chi connectivity index (χ0) is 21.9. The summed E-state index contributed by atoms with van der Waals surface area (Å²) in [6.07, 6.45) is 1.04. The van der Waals surface area contributed by atoms with Crippen LogP contribution in [0, 0.1) is 0 Å². The van der Waals surface area contributed by atoms with Crippen molar-refractivity contribution in [2.45, 2.75) is 64.6 Å². The van der Waals surface area contributed by atoms with Gasteiger partial charge in [-0.05, 0) is 27.2 Å². The van der Waals surface area contributed by atoms with Crippen molar-refractivity contribution >= 4 is 29.5 Å². The molecule has 0 saturated heterocycles. The average Bonchev–Trinajstić information content (AvgIpc) is 2.60. The van der Waals surface area contributed by atoms with Crippen LogP contribution in [0.2, 0.25) is 0 Å². The average molecular weight is 420 g/mol. The molecular formula is C19H37N3O5S. The number of aliphatic hydroxyl groups is 1. The van der Waals surface area contributed by atoms with Gasteiger partial charge in [-0.3, -0.25) is 14.4 Å². The number of hydrogen-bond acceptors (Lipinski definition) is 6. The highest BCUT2D eigenvalue weighted by Crippen LogP contribution is 2.18. The molecule has 0 aliphatic rings. The first-order valence-corrected chi connectivity index (χ1v) is 10.8. The monoisotopic (exact) mass is 419 g/mol. The molecule has 2 atom stereocenters. The minimum atomic E-state index is -1.17. The molecule has 0 bridgehead atoms. The van der Waals surface area contributed by atoms with Crippen LogP contribution < -0.4 is 5.73 Å². The standard InChI is InChI=1S/C19H37N3O5S/c1-7-9-16(23)21(5)15(13-28-11-10-27-8-2)18(25)22(6)14(17(20)24)12-19(3,4)26/h14-15,26H,7-13H2,1-6H3,(H2,20,24)/t14-,15+/m0/s1. The molecule has 0 heterocycles. The van der Waals surface area contributed by atoms with Gasteiger partial charge in [0.05, 0.1) is 12.2 Å². The second-order valence-electron chi connectivity index (χ2n) is 7.43. The lowest BCUT2D eigenvalue weighted by molar-refractivity contribution is -0.147. The molecule has 3 amide bonds. The molecule has 28 heavy (non-hydrogen) atoms. The van der Waals surface area contributed by atoms with Crippen molar-refractivity contribution in [1.29, 1.82) is 0 Å². The van der Waals surface area contributed by atoms with Gasteiger partial charge in [0.25, 0.3) is 0 Å². The minimum Gasteiger partial charge on any atom is -0.390 e. The van der Waals surface area contributed by atoms with Crippen molar-refractivity contribution in [3.8, 4) is 0 Å². The summed E-state index contributed by atoms with van der Waals surface area (Å²) in [5, 5.41) is 10.1. The summed E-state index contributed by atoms with van der Waals surface area (Å²) < 4.78 is 5.31. The molecule has 0 aliphatic carbocycles. The smallest absolute Gasteiger partial charge is 0.246 e. The number of carbonyl (C=O) groups is 3. The molecule has 0 aliphatic heterocycles. The number of rotatable bonds is 14. The van der Waals surface area contributed by atoms with Crippen LogP contribution in [0.15, 0.2) is 0 Å². The van der Waals surface area contributed by atoms with Gasteiger partial charge in [0, 0.05) is 45.0 Å². The van der Waals surface area contributed by atoms with Crippen molar-refractivity contribution in [2.75, 3.05) is 38.8 Å². The predicted octanol–water partition coefficient (Wildman–Crippen LogP) is 0.857. The van der Waals surface area contributed by atoms with Crippen LogP contribution >= 0.6 is 11.8 Å². The summed E-state index contributed by atoms with van der Waals surface area (Å²) in [7, 11) is 3.09.